The van der Waals surface area contributed by atoms with Crippen LogP contribution in [0.2, 0.25) is 5.02 Å². The maximum absolute atomic E-state index is 6.12. The van der Waals surface area contributed by atoms with Crippen LogP contribution in [0.15, 0.2) is 18.2 Å². The van der Waals surface area contributed by atoms with Gasteiger partial charge in [-0.3, -0.25) is 0 Å². The predicted octanol–water partition coefficient (Wildman–Crippen LogP) is 4.74. The number of benzene rings is 1. The van der Waals surface area contributed by atoms with E-state index in [0.29, 0.717) is 18.8 Å². The van der Waals surface area contributed by atoms with Crippen LogP contribution in [0.1, 0.15) is 40.5 Å². The summed E-state index contributed by atoms with van der Waals surface area (Å²) in [4.78, 5) is 0. The minimum atomic E-state index is 0.155. The standard InChI is InChI=1S/C17H26ClNO2/c1-5-17(4)15(11-16(17)21-7-3)19-13-10-12(18)8-9-14(13)20-6-2/h8-10,15-16,19H,5-7,11H2,1-4H3. The van der Waals surface area contributed by atoms with Crippen LogP contribution in [0.3, 0.4) is 0 Å². The van der Waals surface area contributed by atoms with Gasteiger partial charge in [-0.25, -0.2) is 0 Å². The zero-order chi connectivity index (χ0) is 15.5. The maximum atomic E-state index is 6.12. The van der Waals surface area contributed by atoms with Crippen molar-refractivity contribution in [2.45, 2.75) is 52.7 Å². The molecule has 0 radical (unpaired) electrons. The zero-order valence-corrected chi connectivity index (χ0v) is 14.2. The van der Waals surface area contributed by atoms with Crippen molar-refractivity contribution in [1.82, 2.24) is 0 Å². The molecule has 1 saturated carbocycles. The van der Waals surface area contributed by atoms with Crippen LogP contribution in [-0.4, -0.2) is 25.4 Å². The molecule has 3 nitrogen and oxygen atoms in total. The predicted molar refractivity (Wildman–Crippen MR) is 88.5 cm³/mol. The number of nitrogens with one attached hydrogen (secondary N) is 1. The lowest BCUT2D eigenvalue weighted by Crippen LogP contribution is -2.59. The molecule has 0 aromatic heterocycles. The van der Waals surface area contributed by atoms with Crippen molar-refractivity contribution in [3.8, 4) is 5.75 Å². The molecule has 0 aliphatic heterocycles. The first kappa shape index (κ1) is 16.4. The van der Waals surface area contributed by atoms with E-state index in [9.17, 15) is 0 Å². The molecule has 1 fully saturated rings. The molecule has 0 saturated heterocycles. The molecular formula is C17H26ClNO2. The molecule has 0 heterocycles. The Morgan fingerprint density at radius 3 is 2.67 bits per heavy atom. The van der Waals surface area contributed by atoms with Gasteiger partial charge in [0, 0.05) is 23.1 Å². The van der Waals surface area contributed by atoms with E-state index in [2.05, 4.69) is 26.1 Å². The molecule has 1 aliphatic carbocycles. The van der Waals surface area contributed by atoms with Gasteiger partial charge in [-0.1, -0.05) is 25.4 Å². The summed E-state index contributed by atoms with van der Waals surface area (Å²) in [6, 6.07) is 6.12. The summed E-state index contributed by atoms with van der Waals surface area (Å²) in [6.45, 7) is 9.98. The first-order chi connectivity index (χ1) is 10.0. The van der Waals surface area contributed by atoms with E-state index in [0.717, 1.165) is 35.9 Å². The monoisotopic (exact) mass is 311 g/mol. The first-order valence-electron chi connectivity index (χ1n) is 7.85. The summed E-state index contributed by atoms with van der Waals surface area (Å²) in [5.41, 5.74) is 1.13. The summed E-state index contributed by atoms with van der Waals surface area (Å²) in [5, 5.41) is 4.34. The van der Waals surface area contributed by atoms with Crippen LogP contribution < -0.4 is 10.1 Å². The van der Waals surface area contributed by atoms with Crippen molar-refractivity contribution < 1.29 is 9.47 Å². The Hall–Kier alpha value is -0.930. The lowest BCUT2D eigenvalue weighted by molar-refractivity contribution is -0.109. The van der Waals surface area contributed by atoms with Crippen molar-refractivity contribution in [2.75, 3.05) is 18.5 Å². The van der Waals surface area contributed by atoms with E-state index >= 15 is 0 Å². The highest BCUT2D eigenvalue weighted by Gasteiger charge is 2.51. The Kier molecular flexibility index (Phi) is 5.39. The fourth-order valence-corrected chi connectivity index (χ4v) is 3.23. The number of halogens is 1. The Morgan fingerprint density at radius 2 is 2.05 bits per heavy atom. The van der Waals surface area contributed by atoms with Gasteiger partial charge in [0.05, 0.1) is 18.4 Å². The van der Waals surface area contributed by atoms with E-state index in [1.165, 1.54) is 0 Å². The largest absolute Gasteiger partial charge is 0.492 e. The smallest absolute Gasteiger partial charge is 0.142 e. The van der Waals surface area contributed by atoms with E-state index in [1.54, 1.807) is 0 Å². The molecule has 21 heavy (non-hydrogen) atoms. The Labute approximate surface area is 133 Å². The van der Waals surface area contributed by atoms with E-state index in [1.807, 2.05) is 25.1 Å². The minimum Gasteiger partial charge on any atom is -0.492 e. The quantitative estimate of drug-likeness (QED) is 0.788. The second kappa shape index (κ2) is 6.89. The molecule has 3 unspecified atom stereocenters. The van der Waals surface area contributed by atoms with E-state index in [4.69, 9.17) is 21.1 Å². The van der Waals surface area contributed by atoms with Gasteiger partial charge in [0.2, 0.25) is 0 Å². The lowest BCUT2D eigenvalue weighted by Gasteiger charge is -2.54. The highest BCUT2D eigenvalue weighted by Crippen LogP contribution is 2.48. The van der Waals surface area contributed by atoms with Crippen molar-refractivity contribution in [3.05, 3.63) is 23.2 Å². The van der Waals surface area contributed by atoms with Gasteiger partial charge in [0.15, 0.2) is 0 Å². The molecule has 1 N–H and O–H groups in total. The van der Waals surface area contributed by atoms with Crippen molar-refractivity contribution in [2.24, 2.45) is 5.41 Å². The van der Waals surface area contributed by atoms with Crippen LogP contribution >= 0.6 is 11.6 Å². The van der Waals surface area contributed by atoms with E-state index in [-0.39, 0.29) is 5.41 Å². The van der Waals surface area contributed by atoms with Crippen LogP contribution in [0.4, 0.5) is 5.69 Å². The number of ether oxygens (including phenoxy) is 2. The zero-order valence-electron chi connectivity index (χ0n) is 13.4. The number of rotatable bonds is 7. The number of anilines is 1. The van der Waals surface area contributed by atoms with Crippen LogP contribution in [-0.2, 0) is 4.74 Å². The second-order valence-electron chi connectivity index (χ2n) is 5.81. The van der Waals surface area contributed by atoms with Gasteiger partial charge in [-0.15, -0.1) is 0 Å². The summed E-state index contributed by atoms with van der Waals surface area (Å²) in [6.07, 6.45) is 2.44. The van der Waals surface area contributed by atoms with Crippen molar-refractivity contribution in [3.63, 3.8) is 0 Å². The normalized spacial score (nSPS) is 28.0. The average Bonchev–Trinajstić information content (AvgIpc) is 2.48. The molecule has 3 atom stereocenters. The summed E-state index contributed by atoms with van der Waals surface area (Å²) in [5.74, 6) is 0.861. The van der Waals surface area contributed by atoms with Crippen molar-refractivity contribution in [1.29, 1.82) is 0 Å². The van der Waals surface area contributed by atoms with Crippen LogP contribution in [0.25, 0.3) is 0 Å². The third kappa shape index (κ3) is 3.29. The SMILES string of the molecule is CCOc1ccc(Cl)cc1NC1CC(OCC)C1(C)CC. The number of hydrogen-bond donors (Lipinski definition) is 1. The summed E-state index contributed by atoms with van der Waals surface area (Å²) in [7, 11) is 0. The molecule has 4 heteroatoms. The van der Waals surface area contributed by atoms with Gasteiger partial charge in [0.25, 0.3) is 0 Å². The highest BCUT2D eigenvalue weighted by molar-refractivity contribution is 6.30. The topological polar surface area (TPSA) is 30.5 Å². The molecule has 0 bridgehead atoms. The fraction of sp³-hybridized carbons (Fsp3) is 0.647. The van der Waals surface area contributed by atoms with Gasteiger partial charge in [-0.05, 0) is 44.9 Å². The summed E-state index contributed by atoms with van der Waals surface area (Å²) < 4.78 is 11.5. The van der Waals surface area contributed by atoms with Gasteiger partial charge >= 0.3 is 0 Å². The molecule has 1 aliphatic rings. The second-order valence-corrected chi connectivity index (χ2v) is 6.25. The third-order valence-corrected chi connectivity index (χ3v) is 4.92. The molecule has 1 aromatic rings. The van der Waals surface area contributed by atoms with Gasteiger partial charge in [0.1, 0.15) is 5.75 Å². The molecule has 118 valence electrons. The van der Waals surface area contributed by atoms with E-state index < -0.39 is 0 Å². The van der Waals surface area contributed by atoms with Gasteiger partial charge in [-0.2, -0.15) is 0 Å². The third-order valence-electron chi connectivity index (χ3n) is 4.68. The molecule has 0 amide bonds. The lowest BCUT2D eigenvalue weighted by atomic mass is 9.61. The molecule has 2 rings (SSSR count). The molecule has 0 spiro atoms. The van der Waals surface area contributed by atoms with Crippen LogP contribution in [0.5, 0.6) is 5.75 Å². The fourth-order valence-electron chi connectivity index (χ4n) is 3.06. The Morgan fingerprint density at radius 1 is 1.29 bits per heavy atom. The first-order valence-corrected chi connectivity index (χ1v) is 8.23. The van der Waals surface area contributed by atoms with Crippen molar-refractivity contribution >= 4 is 17.3 Å². The Bertz CT molecular complexity index is 480. The Balaban J connectivity index is 2.13. The average molecular weight is 312 g/mol. The summed E-state index contributed by atoms with van der Waals surface area (Å²) >= 11 is 6.12. The van der Waals surface area contributed by atoms with Crippen LogP contribution in [0, 0.1) is 5.41 Å². The number of hydrogen-bond acceptors (Lipinski definition) is 3. The minimum absolute atomic E-state index is 0.155. The molecular weight excluding hydrogens is 286 g/mol. The molecule has 1 aromatic carbocycles. The maximum Gasteiger partial charge on any atom is 0.142 e. The van der Waals surface area contributed by atoms with Gasteiger partial charge < -0.3 is 14.8 Å². The highest BCUT2D eigenvalue weighted by atomic mass is 35.5.